The van der Waals surface area contributed by atoms with Crippen molar-refractivity contribution in [2.75, 3.05) is 27.2 Å². The maximum absolute atomic E-state index is 13.1. The third kappa shape index (κ3) is 3.13. The molecule has 0 N–H and O–H groups in total. The van der Waals surface area contributed by atoms with Crippen molar-refractivity contribution in [1.29, 1.82) is 0 Å². The van der Waals surface area contributed by atoms with Gasteiger partial charge in [-0.3, -0.25) is 4.79 Å². The Labute approximate surface area is 114 Å². The average molecular weight is 264 g/mol. The highest BCUT2D eigenvalue weighted by Crippen LogP contribution is 2.18. The van der Waals surface area contributed by atoms with E-state index in [1.807, 2.05) is 4.90 Å². The predicted octanol–water partition coefficient (Wildman–Crippen LogP) is 2.30. The van der Waals surface area contributed by atoms with Gasteiger partial charge in [0.15, 0.2) is 0 Å². The van der Waals surface area contributed by atoms with Crippen molar-refractivity contribution in [3.63, 3.8) is 0 Å². The third-order valence-electron chi connectivity index (χ3n) is 3.90. The van der Waals surface area contributed by atoms with E-state index < -0.39 is 0 Å². The third-order valence-corrected chi connectivity index (χ3v) is 3.90. The highest BCUT2D eigenvalue weighted by Gasteiger charge is 2.25. The number of likely N-dealkylation sites (tertiary alicyclic amines) is 1. The topological polar surface area (TPSA) is 23.6 Å². The van der Waals surface area contributed by atoms with Crippen LogP contribution in [0, 0.1) is 12.7 Å². The molecule has 3 nitrogen and oxygen atoms in total. The number of halogens is 1. The summed E-state index contributed by atoms with van der Waals surface area (Å²) in [5.74, 6) is -0.268. The van der Waals surface area contributed by atoms with Crippen LogP contribution in [0.4, 0.5) is 4.39 Å². The second kappa shape index (κ2) is 5.70. The molecule has 19 heavy (non-hydrogen) atoms. The zero-order valence-electron chi connectivity index (χ0n) is 11.8. The summed E-state index contributed by atoms with van der Waals surface area (Å²) in [4.78, 5) is 16.5. The fourth-order valence-electron chi connectivity index (χ4n) is 2.62. The van der Waals surface area contributed by atoms with Crippen LogP contribution in [0.15, 0.2) is 18.2 Å². The normalized spacial score (nSPS) is 17.0. The molecule has 1 amide bonds. The van der Waals surface area contributed by atoms with Gasteiger partial charge in [0.2, 0.25) is 0 Å². The average Bonchev–Trinajstić information content (AvgIpc) is 2.38. The number of carbonyl (C=O) groups excluding carboxylic acids is 1. The minimum Gasteiger partial charge on any atom is -0.339 e. The lowest BCUT2D eigenvalue weighted by Gasteiger charge is -2.35. The molecule has 4 heteroatoms. The Hall–Kier alpha value is -1.42. The van der Waals surface area contributed by atoms with Gasteiger partial charge in [-0.05, 0) is 57.6 Å². The largest absolute Gasteiger partial charge is 0.339 e. The summed E-state index contributed by atoms with van der Waals surface area (Å²) in [6, 6.07) is 4.91. The number of rotatable bonds is 2. The lowest BCUT2D eigenvalue weighted by molar-refractivity contribution is 0.0662. The Morgan fingerprint density at radius 3 is 2.47 bits per heavy atom. The molecule has 1 aromatic rings. The quantitative estimate of drug-likeness (QED) is 0.818. The summed E-state index contributed by atoms with van der Waals surface area (Å²) in [5, 5.41) is 0. The van der Waals surface area contributed by atoms with Crippen molar-refractivity contribution in [1.82, 2.24) is 9.80 Å². The highest BCUT2D eigenvalue weighted by atomic mass is 19.1. The van der Waals surface area contributed by atoms with Crippen LogP contribution in [0.3, 0.4) is 0 Å². The van der Waals surface area contributed by atoms with E-state index in [0.29, 0.717) is 17.2 Å². The molecule has 0 aliphatic carbocycles. The molecule has 1 aromatic carbocycles. The first-order valence-electron chi connectivity index (χ1n) is 6.71. The number of hydrogen-bond donors (Lipinski definition) is 0. The van der Waals surface area contributed by atoms with Gasteiger partial charge in [-0.2, -0.15) is 0 Å². The number of carbonyl (C=O) groups is 1. The van der Waals surface area contributed by atoms with E-state index in [4.69, 9.17) is 0 Å². The summed E-state index contributed by atoms with van der Waals surface area (Å²) in [6.45, 7) is 3.33. The van der Waals surface area contributed by atoms with Gasteiger partial charge in [-0.1, -0.05) is 0 Å². The van der Waals surface area contributed by atoms with Crippen LogP contribution in [0.1, 0.15) is 28.8 Å². The Balaban J connectivity index is 2.05. The lowest BCUT2D eigenvalue weighted by atomic mass is 10.0. The van der Waals surface area contributed by atoms with E-state index in [1.54, 1.807) is 13.0 Å². The Kier molecular flexibility index (Phi) is 4.20. The lowest BCUT2D eigenvalue weighted by Crippen LogP contribution is -2.44. The monoisotopic (exact) mass is 264 g/mol. The molecule has 1 saturated heterocycles. The van der Waals surface area contributed by atoms with E-state index >= 15 is 0 Å². The summed E-state index contributed by atoms with van der Waals surface area (Å²) in [5.41, 5.74) is 1.32. The van der Waals surface area contributed by atoms with E-state index in [0.717, 1.165) is 25.9 Å². The zero-order valence-corrected chi connectivity index (χ0v) is 11.8. The first-order chi connectivity index (χ1) is 8.99. The van der Waals surface area contributed by atoms with Crippen molar-refractivity contribution in [2.24, 2.45) is 0 Å². The smallest absolute Gasteiger partial charge is 0.254 e. The van der Waals surface area contributed by atoms with E-state index in [2.05, 4.69) is 19.0 Å². The second-order valence-electron chi connectivity index (χ2n) is 5.45. The molecule has 0 atom stereocenters. The van der Waals surface area contributed by atoms with Crippen molar-refractivity contribution < 1.29 is 9.18 Å². The Morgan fingerprint density at radius 1 is 1.32 bits per heavy atom. The van der Waals surface area contributed by atoms with E-state index in [-0.39, 0.29) is 11.7 Å². The fraction of sp³-hybridized carbons (Fsp3) is 0.533. The summed E-state index contributed by atoms with van der Waals surface area (Å²) in [6.07, 6.45) is 2.00. The van der Waals surface area contributed by atoms with Crippen molar-refractivity contribution in [3.8, 4) is 0 Å². The number of hydrogen-bond acceptors (Lipinski definition) is 2. The number of amides is 1. The molecule has 0 spiro atoms. The van der Waals surface area contributed by atoms with Crippen LogP contribution in [0.25, 0.3) is 0 Å². The van der Waals surface area contributed by atoms with Gasteiger partial charge in [0, 0.05) is 24.7 Å². The first kappa shape index (κ1) is 14.0. The molecule has 1 aliphatic heterocycles. The Morgan fingerprint density at radius 2 is 1.95 bits per heavy atom. The molecule has 0 unspecified atom stereocenters. The van der Waals surface area contributed by atoms with Gasteiger partial charge in [-0.25, -0.2) is 4.39 Å². The minimum atomic E-state index is -0.291. The standard InChI is InChI=1S/C15H21FN2O/c1-11-10-12(16)4-5-14(11)15(19)18-8-6-13(7-9-18)17(2)3/h4-5,10,13H,6-9H2,1-3H3. The van der Waals surface area contributed by atoms with Gasteiger partial charge >= 0.3 is 0 Å². The van der Waals surface area contributed by atoms with Crippen LogP contribution < -0.4 is 0 Å². The number of nitrogens with zero attached hydrogens (tertiary/aromatic N) is 2. The highest BCUT2D eigenvalue weighted by molar-refractivity contribution is 5.95. The van der Waals surface area contributed by atoms with Gasteiger partial charge in [0.25, 0.3) is 5.91 Å². The minimum absolute atomic E-state index is 0.0229. The van der Waals surface area contributed by atoms with Crippen LogP contribution in [0.2, 0.25) is 0 Å². The summed E-state index contributed by atoms with van der Waals surface area (Å²) < 4.78 is 13.1. The second-order valence-corrected chi connectivity index (χ2v) is 5.45. The first-order valence-corrected chi connectivity index (χ1v) is 6.71. The van der Waals surface area contributed by atoms with Crippen LogP contribution >= 0.6 is 0 Å². The molecule has 0 saturated carbocycles. The SMILES string of the molecule is Cc1cc(F)ccc1C(=O)N1CCC(N(C)C)CC1. The summed E-state index contributed by atoms with van der Waals surface area (Å²) in [7, 11) is 4.15. The number of aryl methyl sites for hydroxylation is 1. The van der Waals surface area contributed by atoms with Crippen molar-refractivity contribution in [2.45, 2.75) is 25.8 Å². The van der Waals surface area contributed by atoms with Gasteiger partial charge in [0.05, 0.1) is 0 Å². The van der Waals surface area contributed by atoms with Crippen LogP contribution in [-0.4, -0.2) is 48.9 Å². The van der Waals surface area contributed by atoms with Crippen molar-refractivity contribution >= 4 is 5.91 Å². The molecule has 2 rings (SSSR count). The van der Waals surface area contributed by atoms with Gasteiger partial charge in [0.1, 0.15) is 5.82 Å². The molecule has 0 bridgehead atoms. The van der Waals surface area contributed by atoms with Gasteiger partial charge in [-0.15, -0.1) is 0 Å². The van der Waals surface area contributed by atoms with Crippen LogP contribution in [0.5, 0.6) is 0 Å². The zero-order chi connectivity index (χ0) is 14.0. The molecule has 0 radical (unpaired) electrons. The number of benzene rings is 1. The molecule has 1 fully saturated rings. The molecular formula is C15H21FN2O. The van der Waals surface area contributed by atoms with Crippen LogP contribution in [-0.2, 0) is 0 Å². The van der Waals surface area contributed by atoms with Crippen molar-refractivity contribution in [3.05, 3.63) is 35.1 Å². The molecule has 104 valence electrons. The predicted molar refractivity (Wildman–Crippen MR) is 73.7 cm³/mol. The van der Waals surface area contributed by atoms with Gasteiger partial charge < -0.3 is 9.80 Å². The van der Waals surface area contributed by atoms with E-state index in [9.17, 15) is 9.18 Å². The van der Waals surface area contributed by atoms with E-state index in [1.165, 1.54) is 12.1 Å². The maximum Gasteiger partial charge on any atom is 0.254 e. The Bertz CT molecular complexity index is 465. The summed E-state index contributed by atoms with van der Waals surface area (Å²) >= 11 is 0. The molecule has 0 aromatic heterocycles. The molecule has 1 heterocycles. The fourth-order valence-corrected chi connectivity index (χ4v) is 2.62. The number of piperidine rings is 1. The maximum atomic E-state index is 13.1. The molecular weight excluding hydrogens is 243 g/mol. The molecule has 1 aliphatic rings.